The van der Waals surface area contributed by atoms with Gasteiger partial charge in [0.25, 0.3) is 0 Å². The highest BCUT2D eigenvalue weighted by Crippen LogP contribution is 2.23. The molecule has 2 aromatic heterocycles. The van der Waals surface area contributed by atoms with E-state index in [9.17, 15) is 9.90 Å². The van der Waals surface area contributed by atoms with Gasteiger partial charge in [0.1, 0.15) is 5.65 Å². The molecule has 0 saturated heterocycles. The zero-order valence-electron chi connectivity index (χ0n) is 12.7. The topological polar surface area (TPSA) is 66.6 Å². The second kappa shape index (κ2) is 6.92. The predicted octanol–water partition coefficient (Wildman–Crippen LogP) is 1.93. The molecule has 0 aromatic carbocycles. The van der Waals surface area contributed by atoms with E-state index in [1.54, 1.807) is 0 Å². The maximum Gasteiger partial charge on any atom is 0.226 e. The van der Waals surface area contributed by atoms with Crippen LogP contribution < -0.4 is 5.32 Å². The molecule has 2 unspecified atom stereocenters. The van der Waals surface area contributed by atoms with E-state index in [2.05, 4.69) is 10.3 Å². The number of imidazole rings is 1. The van der Waals surface area contributed by atoms with Gasteiger partial charge in [0, 0.05) is 31.0 Å². The summed E-state index contributed by atoms with van der Waals surface area (Å²) in [6.45, 7) is 0.152. The number of nitrogens with one attached hydrogen (secondary N) is 1. The summed E-state index contributed by atoms with van der Waals surface area (Å²) < 4.78 is 1.92. The van der Waals surface area contributed by atoms with Crippen LogP contribution in [0.15, 0.2) is 30.6 Å². The second-order valence-electron chi connectivity index (χ2n) is 6.13. The zero-order chi connectivity index (χ0) is 15.4. The van der Waals surface area contributed by atoms with Gasteiger partial charge >= 0.3 is 0 Å². The molecular weight excluding hydrogens is 278 g/mol. The van der Waals surface area contributed by atoms with Crippen molar-refractivity contribution in [2.45, 2.75) is 44.6 Å². The molecular formula is C17H23N3O2. The molecule has 1 fully saturated rings. The minimum absolute atomic E-state index is 0.00578. The number of aromatic nitrogens is 2. The van der Waals surface area contributed by atoms with Crippen LogP contribution >= 0.6 is 0 Å². The number of carbonyl (C=O) groups excluding carboxylic acids is 1. The zero-order valence-corrected chi connectivity index (χ0v) is 12.7. The van der Waals surface area contributed by atoms with Crippen molar-refractivity contribution in [2.75, 3.05) is 6.61 Å². The van der Waals surface area contributed by atoms with Crippen LogP contribution in [0.1, 0.15) is 37.8 Å². The van der Waals surface area contributed by atoms with Gasteiger partial charge in [0.05, 0.1) is 12.1 Å². The summed E-state index contributed by atoms with van der Waals surface area (Å²) in [4.78, 5) is 16.7. The maximum absolute atomic E-state index is 12.3. The van der Waals surface area contributed by atoms with Gasteiger partial charge in [-0.15, -0.1) is 0 Å². The molecule has 2 N–H and O–H groups in total. The Labute approximate surface area is 130 Å². The third-order valence-electron chi connectivity index (χ3n) is 4.50. The molecule has 2 aromatic rings. The SMILES string of the molecule is O=C(Cc1cn2ccccc2n1)NC1CCCCCC1CO. The van der Waals surface area contributed by atoms with Crippen molar-refractivity contribution in [3.8, 4) is 0 Å². The normalized spacial score (nSPS) is 22.4. The fraction of sp³-hybridized carbons (Fsp3) is 0.529. The molecule has 0 radical (unpaired) electrons. The molecule has 2 heterocycles. The number of aliphatic hydroxyl groups is 1. The number of carbonyl (C=O) groups is 1. The molecule has 1 saturated carbocycles. The quantitative estimate of drug-likeness (QED) is 0.848. The fourth-order valence-corrected chi connectivity index (χ4v) is 3.29. The van der Waals surface area contributed by atoms with Crippen LogP contribution in [0.25, 0.3) is 5.65 Å². The first kappa shape index (κ1) is 15.0. The molecule has 1 aliphatic rings. The van der Waals surface area contributed by atoms with Crippen molar-refractivity contribution < 1.29 is 9.90 Å². The number of amides is 1. The Bertz CT molecular complexity index is 605. The van der Waals surface area contributed by atoms with Gasteiger partial charge in [-0.3, -0.25) is 4.79 Å². The van der Waals surface area contributed by atoms with E-state index >= 15 is 0 Å². The number of rotatable bonds is 4. The number of pyridine rings is 1. The molecule has 0 spiro atoms. The molecule has 3 rings (SSSR count). The molecule has 1 aliphatic carbocycles. The lowest BCUT2D eigenvalue weighted by molar-refractivity contribution is -0.121. The van der Waals surface area contributed by atoms with Crippen LogP contribution in [0.5, 0.6) is 0 Å². The highest BCUT2D eigenvalue weighted by molar-refractivity contribution is 5.78. The smallest absolute Gasteiger partial charge is 0.226 e. The van der Waals surface area contributed by atoms with Crippen LogP contribution in [-0.4, -0.2) is 33.0 Å². The summed E-state index contributed by atoms with van der Waals surface area (Å²) in [6, 6.07) is 5.89. The number of nitrogens with zero attached hydrogens (tertiary/aromatic N) is 2. The Kier molecular flexibility index (Phi) is 4.73. The van der Waals surface area contributed by atoms with Gasteiger partial charge in [-0.1, -0.05) is 25.3 Å². The third kappa shape index (κ3) is 3.47. The number of hydrogen-bond acceptors (Lipinski definition) is 3. The Morgan fingerprint density at radius 2 is 2.18 bits per heavy atom. The van der Waals surface area contributed by atoms with E-state index in [0.29, 0.717) is 0 Å². The molecule has 5 nitrogen and oxygen atoms in total. The number of fused-ring (bicyclic) bond motifs is 1. The van der Waals surface area contributed by atoms with Crippen molar-refractivity contribution >= 4 is 11.6 Å². The molecule has 5 heteroatoms. The van der Waals surface area contributed by atoms with Gasteiger partial charge in [0.2, 0.25) is 5.91 Å². The minimum atomic E-state index is -0.00578. The fourth-order valence-electron chi connectivity index (χ4n) is 3.29. The van der Waals surface area contributed by atoms with E-state index < -0.39 is 0 Å². The molecule has 22 heavy (non-hydrogen) atoms. The van der Waals surface area contributed by atoms with Crippen LogP contribution in [0.4, 0.5) is 0 Å². The molecule has 0 bridgehead atoms. The Balaban J connectivity index is 1.63. The van der Waals surface area contributed by atoms with Crippen molar-refractivity contribution in [1.29, 1.82) is 0 Å². The highest BCUT2D eigenvalue weighted by Gasteiger charge is 2.24. The average molecular weight is 301 g/mol. The van der Waals surface area contributed by atoms with Crippen molar-refractivity contribution in [2.24, 2.45) is 5.92 Å². The lowest BCUT2D eigenvalue weighted by atomic mass is 9.95. The lowest BCUT2D eigenvalue weighted by Gasteiger charge is -2.24. The Morgan fingerprint density at radius 1 is 1.32 bits per heavy atom. The van der Waals surface area contributed by atoms with Crippen LogP contribution in [-0.2, 0) is 11.2 Å². The minimum Gasteiger partial charge on any atom is -0.396 e. The molecule has 0 aliphatic heterocycles. The van der Waals surface area contributed by atoms with Crippen molar-refractivity contribution in [3.63, 3.8) is 0 Å². The van der Waals surface area contributed by atoms with Crippen molar-refractivity contribution in [3.05, 3.63) is 36.3 Å². The van der Waals surface area contributed by atoms with Gasteiger partial charge in [0.15, 0.2) is 0 Å². The summed E-state index contributed by atoms with van der Waals surface area (Å²) in [5.41, 5.74) is 1.63. The molecule has 2 atom stereocenters. The van der Waals surface area contributed by atoms with E-state index in [1.807, 2.05) is 35.0 Å². The highest BCUT2D eigenvalue weighted by atomic mass is 16.3. The largest absolute Gasteiger partial charge is 0.396 e. The standard InChI is InChI=1S/C17H23N3O2/c21-12-13-6-2-1-3-7-15(13)19-17(22)10-14-11-20-9-5-4-8-16(20)18-14/h4-5,8-9,11,13,15,21H,1-3,6-7,10,12H2,(H,19,22). The average Bonchev–Trinajstić information content (AvgIpc) is 2.78. The third-order valence-corrected chi connectivity index (χ3v) is 4.50. The van der Waals surface area contributed by atoms with Crippen molar-refractivity contribution in [1.82, 2.24) is 14.7 Å². The summed E-state index contributed by atoms with van der Waals surface area (Å²) >= 11 is 0. The number of hydrogen-bond donors (Lipinski definition) is 2. The molecule has 1 amide bonds. The second-order valence-corrected chi connectivity index (χ2v) is 6.13. The molecule has 118 valence electrons. The van der Waals surface area contributed by atoms with Crippen LogP contribution in [0, 0.1) is 5.92 Å². The maximum atomic E-state index is 12.3. The van der Waals surface area contributed by atoms with E-state index in [0.717, 1.165) is 37.0 Å². The van der Waals surface area contributed by atoms with E-state index in [4.69, 9.17) is 0 Å². The first-order valence-corrected chi connectivity index (χ1v) is 8.09. The monoisotopic (exact) mass is 301 g/mol. The summed E-state index contributed by atoms with van der Waals surface area (Å²) in [5, 5.41) is 12.6. The van der Waals surface area contributed by atoms with Gasteiger partial charge in [-0.05, 0) is 25.0 Å². The summed E-state index contributed by atoms with van der Waals surface area (Å²) in [7, 11) is 0. The number of aliphatic hydroxyl groups excluding tert-OH is 1. The Morgan fingerprint density at radius 3 is 3.00 bits per heavy atom. The van der Waals surface area contributed by atoms with Gasteiger partial charge in [-0.25, -0.2) is 4.98 Å². The van der Waals surface area contributed by atoms with Gasteiger partial charge < -0.3 is 14.8 Å². The van der Waals surface area contributed by atoms with Crippen LogP contribution in [0.3, 0.4) is 0 Å². The van der Waals surface area contributed by atoms with E-state index in [1.165, 1.54) is 6.42 Å². The van der Waals surface area contributed by atoms with Crippen LogP contribution in [0.2, 0.25) is 0 Å². The predicted molar refractivity (Wildman–Crippen MR) is 84.5 cm³/mol. The van der Waals surface area contributed by atoms with Gasteiger partial charge in [-0.2, -0.15) is 0 Å². The first-order valence-electron chi connectivity index (χ1n) is 8.09. The first-order chi connectivity index (χ1) is 10.8. The summed E-state index contributed by atoms with van der Waals surface area (Å²) in [6.07, 6.45) is 9.52. The summed E-state index contributed by atoms with van der Waals surface area (Å²) in [5.74, 6) is 0.182. The van der Waals surface area contributed by atoms with E-state index in [-0.39, 0.29) is 30.9 Å². The lowest BCUT2D eigenvalue weighted by Crippen LogP contribution is -2.41. The Hall–Kier alpha value is -1.88.